The quantitative estimate of drug-likeness (QED) is 0.626. The van der Waals surface area contributed by atoms with Crippen molar-refractivity contribution < 1.29 is 4.84 Å². The largest absolute Gasteiger partial charge is 0.275 e. The van der Waals surface area contributed by atoms with E-state index >= 15 is 0 Å². The van der Waals surface area contributed by atoms with Gasteiger partial charge in [0, 0.05) is 17.0 Å². The summed E-state index contributed by atoms with van der Waals surface area (Å²) in [7, 11) is 0. The van der Waals surface area contributed by atoms with Gasteiger partial charge in [-0.25, -0.2) is 0 Å². The highest BCUT2D eigenvalue weighted by Crippen LogP contribution is 2.17. The lowest BCUT2D eigenvalue weighted by Crippen LogP contribution is -2.26. The number of nitrogens with one attached hydrogen (secondary N) is 1. The molecule has 0 aromatic carbocycles. The molecule has 0 radical (unpaired) electrons. The summed E-state index contributed by atoms with van der Waals surface area (Å²) in [6, 6.07) is 5.76. The van der Waals surface area contributed by atoms with Crippen LogP contribution in [0.25, 0.3) is 5.70 Å². The fourth-order valence-corrected chi connectivity index (χ4v) is 1.20. The van der Waals surface area contributed by atoms with E-state index in [-0.39, 0.29) is 5.41 Å². The van der Waals surface area contributed by atoms with Crippen molar-refractivity contribution in [3.63, 3.8) is 0 Å². The van der Waals surface area contributed by atoms with Crippen LogP contribution < -0.4 is 5.48 Å². The zero-order chi connectivity index (χ0) is 12.9. The van der Waals surface area contributed by atoms with E-state index in [1.165, 1.54) is 0 Å². The first-order chi connectivity index (χ1) is 7.94. The first kappa shape index (κ1) is 14.0. The minimum absolute atomic E-state index is 0.0606. The maximum absolute atomic E-state index is 5.80. The summed E-state index contributed by atoms with van der Waals surface area (Å²) in [4.78, 5) is 9.71. The Balaban J connectivity index is 2.46. The summed E-state index contributed by atoms with van der Waals surface area (Å²) in [5, 5.41) is 0. The molecule has 0 aliphatic rings. The molecule has 0 saturated heterocycles. The Morgan fingerprint density at radius 1 is 1.53 bits per heavy atom. The van der Waals surface area contributed by atoms with E-state index in [2.05, 4.69) is 17.0 Å². The minimum Gasteiger partial charge on any atom is -0.275 e. The van der Waals surface area contributed by atoms with Crippen molar-refractivity contribution >= 4 is 17.3 Å². The Morgan fingerprint density at radius 3 is 2.82 bits per heavy atom. The van der Waals surface area contributed by atoms with E-state index in [0.29, 0.717) is 18.2 Å². The fraction of sp³-hybridized carbons (Fsp3) is 0.462. The van der Waals surface area contributed by atoms with Gasteiger partial charge < -0.3 is 0 Å². The maximum atomic E-state index is 5.80. The lowest BCUT2D eigenvalue weighted by atomic mass is 9.98. The van der Waals surface area contributed by atoms with Crippen LogP contribution in [0.1, 0.15) is 25.2 Å². The molecular weight excluding hydrogens is 236 g/mol. The van der Waals surface area contributed by atoms with Crippen LogP contribution in [0.3, 0.4) is 0 Å². The summed E-state index contributed by atoms with van der Waals surface area (Å²) in [5.74, 6) is 0.545. The highest BCUT2D eigenvalue weighted by molar-refractivity contribution is 6.18. The Kier molecular flexibility index (Phi) is 4.97. The molecule has 1 aromatic rings. The van der Waals surface area contributed by atoms with E-state index in [4.69, 9.17) is 16.4 Å². The average Bonchev–Trinajstić information content (AvgIpc) is 2.28. The second kappa shape index (κ2) is 6.03. The molecule has 0 bridgehead atoms. The molecule has 0 saturated carbocycles. The van der Waals surface area contributed by atoms with Gasteiger partial charge in [0.05, 0.1) is 18.0 Å². The van der Waals surface area contributed by atoms with Crippen molar-refractivity contribution in [1.82, 2.24) is 10.5 Å². The third kappa shape index (κ3) is 4.75. The predicted octanol–water partition coefficient (Wildman–Crippen LogP) is 3.15. The van der Waals surface area contributed by atoms with Crippen LogP contribution in [0, 0.1) is 12.3 Å². The second-order valence-electron chi connectivity index (χ2n) is 4.83. The Morgan fingerprint density at radius 2 is 2.24 bits per heavy atom. The molecule has 0 spiro atoms. The molecule has 0 unspecified atom stereocenters. The summed E-state index contributed by atoms with van der Waals surface area (Å²) < 4.78 is 0. The first-order valence-corrected chi connectivity index (χ1v) is 6.05. The number of hydrogen-bond donors (Lipinski definition) is 1. The molecule has 0 amide bonds. The predicted molar refractivity (Wildman–Crippen MR) is 71.6 cm³/mol. The second-order valence-corrected chi connectivity index (χ2v) is 5.10. The molecule has 94 valence electrons. The van der Waals surface area contributed by atoms with Gasteiger partial charge in [-0.1, -0.05) is 26.5 Å². The molecule has 0 aliphatic heterocycles. The molecule has 17 heavy (non-hydrogen) atoms. The van der Waals surface area contributed by atoms with Crippen LogP contribution in [-0.4, -0.2) is 17.5 Å². The number of rotatable bonds is 6. The van der Waals surface area contributed by atoms with Gasteiger partial charge in [-0.15, -0.1) is 11.6 Å². The van der Waals surface area contributed by atoms with E-state index in [9.17, 15) is 0 Å². The molecule has 1 heterocycles. The van der Waals surface area contributed by atoms with Crippen molar-refractivity contribution in [2.75, 3.05) is 12.5 Å². The Bertz CT molecular complexity index is 391. The van der Waals surface area contributed by atoms with E-state index in [1.54, 1.807) is 0 Å². The smallest absolute Gasteiger partial charge is 0.0881 e. The molecular formula is C13H19ClN2O. The summed E-state index contributed by atoms with van der Waals surface area (Å²) in [6.45, 7) is 10.4. The van der Waals surface area contributed by atoms with Gasteiger partial charge in [0.25, 0.3) is 0 Å². The van der Waals surface area contributed by atoms with Crippen LogP contribution in [0.15, 0.2) is 24.8 Å². The van der Waals surface area contributed by atoms with Gasteiger partial charge in [0.2, 0.25) is 0 Å². The van der Waals surface area contributed by atoms with Gasteiger partial charge in [-0.2, -0.15) is 0 Å². The summed E-state index contributed by atoms with van der Waals surface area (Å²) in [6.07, 6.45) is 0. The standard InChI is InChI=1S/C13H19ClN2O/c1-10-6-5-7-12(15-10)11(2)16-17-9-13(3,4)8-14/h5-7,16H,2,8-9H2,1,3-4H3. The number of alkyl halides is 1. The SMILES string of the molecule is C=C(NOCC(C)(C)CCl)c1cccc(C)n1. The van der Waals surface area contributed by atoms with Gasteiger partial charge in [0.1, 0.15) is 0 Å². The first-order valence-electron chi connectivity index (χ1n) is 5.51. The monoisotopic (exact) mass is 254 g/mol. The normalized spacial score (nSPS) is 11.3. The Labute approximate surface area is 108 Å². The number of halogens is 1. The lowest BCUT2D eigenvalue weighted by molar-refractivity contribution is 0.0276. The molecule has 1 N–H and O–H groups in total. The van der Waals surface area contributed by atoms with Gasteiger partial charge in [-0.3, -0.25) is 15.3 Å². The van der Waals surface area contributed by atoms with E-state index in [1.807, 2.05) is 39.0 Å². The molecule has 4 heteroatoms. The lowest BCUT2D eigenvalue weighted by Gasteiger charge is -2.21. The number of pyridine rings is 1. The van der Waals surface area contributed by atoms with Crippen LogP contribution in [0.4, 0.5) is 0 Å². The molecule has 0 atom stereocenters. The van der Waals surface area contributed by atoms with Gasteiger partial charge in [-0.05, 0) is 19.1 Å². The highest BCUT2D eigenvalue weighted by atomic mass is 35.5. The maximum Gasteiger partial charge on any atom is 0.0881 e. The van der Waals surface area contributed by atoms with Gasteiger partial charge >= 0.3 is 0 Å². The fourth-order valence-electron chi connectivity index (χ4n) is 1.12. The molecule has 1 rings (SSSR count). The van der Waals surface area contributed by atoms with E-state index in [0.717, 1.165) is 11.4 Å². The summed E-state index contributed by atoms with van der Waals surface area (Å²) >= 11 is 5.80. The van der Waals surface area contributed by atoms with Gasteiger partial charge in [0.15, 0.2) is 0 Å². The van der Waals surface area contributed by atoms with Crippen LogP contribution in [0.2, 0.25) is 0 Å². The molecule has 1 aromatic heterocycles. The summed E-state index contributed by atoms with van der Waals surface area (Å²) in [5.41, 5.74) is 5.13. The topological polar surface area (TPSA) is 34.1 Å². The third-order valence-corrected chi connectivity index (χ3v) is 2.94. The van der Waals surface area contributed by atoms with Crippen molar-refractivity contribution in [2.24, 2.45) is 5.41 Å². The van der Waals surface area contributed by atoms with Crippen molar-refractivity contribution in [1.29, 1.82) is 0 Å². The van der Waals surface area contributed by atoms with Crippen LogP contribution >= 0.6 is 11.6 Å². The molecule has 0 fully saturated rings. The zero-order valence-electron chi connectivity index (χ0n) is 10.6. The number of aryl methyl sites for hydroxylation is 1. The Hall–Kier alpha value is -1.06. The van der Waals surface area contributed by atoms with Crippen molar-refractivity contribution in [2.45, 2.75) is 20.8 Å². The van der Waals surface area contributed by atoms with Crippen LogP contribution in [-0.2, 0) is 4.84 Å². The molecule has 3 nitrogen and oxygen atoms in total. The minimum atomic E-state index is -0.0606. The number of hydrogen-bond acceptors (Lipinski definition) is 3. The van der Waals surface area contributed by atoms with Crippen LogP contribution in [0.5, 0.6) is 0 Å². The van der Waals surface area contributed by atoms with Crippen molar-refractivity contribution in [3.05, 3.63) is 36.2 Å². The van der Waals surface area contributed by atoms with E-state index < -0.39 is 0 Å². The highest BCUT2D eigenvalue weighted by Gasteiger charge is 2.16. The average molecular weight is 255 g/mol. The number of nitrogens with zero attached hydrogens (tertiary/aromatic N) is 1. The van der Waals surface area contributed by atoms with Crippen molar-refractivity contribution in [3.8, 4) is 0 Å². The number of hydroxylamine groups is 1. The number of aromatic nitrogens is 1. The molecule has 0 aliphatic carbocycles. The zero-order valence-corrected chi connectivity index (χ0v) is 11.3. The third-order valence-electron chi connectivity index (χ3n) is 2.22.